The molecule has 12 heteroatoms. The van der Waals surface area contributed by atoms with Crippen LogP contribution in [0.2, 0.25) is 0 Å². The number of hydrogen-bond acceptors (Lipinski definition) is 6. The molecule has 3 aromatic carbocycles. The van der Waals surface area contributed by atoms with Crippen LogP contribution in [-0.2, 0) is 10.9 Å². The van der Waals surface area contributed by atoms with Crippen LogP contribution in [-0.4, -0.2) is 41.5 Å². The van der Waals surface area contributed by atoms with Crippen molar-refractivity contribution in [1.29, 1.82) is 0 Å². The Morgan fingerprint density at radius 2 is 1.72 bits per heavy atom. The van der Waals surface area contributed by atoms with Gasteiger partial charge in [0.2, 0.25) is 0 Å². The number of halogens is 4. The Balaban J connectivity index is 1.28. The first kappa shape index (κ1) is 26.2. The van der Waals surface area contributed by atoms with Crippen LogP contribution < -0.4 is 16.0 Å². The summed E-state index contributed by atoms with van der Waals surface area (Å²) in [6.07, 6.45) is -3.41. The maximum absolute atomic E-state index is 13.8. The third-order valence-corrected chi connectivity index (χ3v) is 6.00. The summed E-state index contributed by atoms with van der Waals surface area (Å²) >= 11 is 0. The molecular weight excluding hydrogens is 518 g/mol. The highest BCUT2D eigenvalue weighted by Crippen LogP contribution is 2.32. The first-order valence-electron chi connectivity index (χ1n) is 11.9. The Labute approximate surface area is 219 Å². The Morgan fingerprint density at radius 3 is 2.44 bits per heavy atom. The molecule has 2 amide bonds. The van der Waals surface area contributed by atoms with Crippen molar-refractivity contribution >= 4 is 34.2 Å². The largest absolute Gasteiger partial charge is 0.419 e. The second-order valence-electron chi connectivity index (χ2n) is 8.74. The van der Waals surface area contributed by atoms with Gasteiger partial charge in [-0.1, -0.05) is 12.1 Å². The summed E-state index contributed by atoms with van der Waals surface area (Å²) in [6, 6.07) is 12.3. The number of alkyl halides is 3. The van der Waals surface area contributed by atoms with E-state index in [1.165, 1.54) is 12.1 Å². The molecule has 39 heavy (non-hydrogen) atoms. The van der Waals surface area contributed by atoms with E-state index in [1.54, 1.807) is 36.5 Å². The van der Waals surface area contributed by atoms with Crippen molar-refractivity contribution in [2.75, 3.05) is 30.3 Å². The van der Waals surface area contributed by atoms with E-state index in [0.717, 1.165) is 12.6 Å². The smallest absolute Gasteiger partial charge is 0.369 e. The predicted molar refractivity (Wildman–Crippen MR) is 135 cm³/mol. The molecule has 1 fully saturated rings. The van der Waals surface area contributed by atoms with E-state index in [0.29, 0.717) is 47.6 Å². The minimum atomic E-state index is -4.85. The number of rotatable bonds is 5. The highest BCUT2D eigenvalue weighted by Gasteiger charge is 2.34. The zero-order valence-electron chi connectivity index (χ0n) is 20.2. The molecule has 1 aliphatic rings. The van der Waals surface area contributed by atoms with Crippen molar-refractivity contribution in [3.05, 3.63) is 95.1 Å². The number of urea groups is 1. The van der Waals surface area contributed by atoms with Crippen LogP contribution in [0, 0.1) is 5.82 Å². The summed E-state index contributed by atoms with van der Waals surface area (Å²) in [5.74, 6) is -1.83. The molecular formula is C27H21F4N5O3. The molecule has 0 aliphatic carbocycles. The van der Waals surface area contributed by atoms with Crippen LogP contribution in [0.15, 0.2) is 66.9 Å². The number of benzene rings is 3. The number of ketones is 1. The molecule has 3 N–H and O–H groups in total. The van der Waals surface area contributed by atoms with E-state index < -0.39 is 23.6 Å². The minimum Gasteiger partial charge on any atom is -0.369 e. The number of nitrogens with one attached hydrogen (secondary N) is 3. The van der Waals surface area contributed by atoms with Crippen LogP contribution in [0.4, 0.5) is 33.7 Å². The Kier molecular flexibility index (Phi) is 7.22. The summed E-state index contributed by atoms with van der Waals surface area (Å²) in [5.41, 5.74) is 1.13. The highest BCUT2D eigenvalue weighted by molar-refractivity contribution is 6.11. The normalized spacial score (nSPS) is 15.6. The fourth-order valence-corrected chi connectivity index (χ4v) is 4.10. The molecule has 4 aromatic rings. The fraction of sp³-hybridized carbons (Fsp3) is 0.185. The van der Waals surface area contributed by atoms with Gasteiger partial charge in [0, 0.05) is 35.6 Å². The number of anilines is 2. The van der Waals surface area contributed by atoms with Gasteiger partial charge in [0.05, 0.1) is 35.1 Å². The maximum atomic E-state index is 13.8. The summed E-state index contributed by atoms with van der Waals surface area (Å²) in [5, 5.41) is 7.99. The van der Waals surface area contributed by atoms with Gasteiger partial charge >= 0.3 is 12.2 Å². The lowest BCUT2D eigenvalue weighted by atomic mass is 10.0. The van der Waals surface area contributed by atoms with Crippen molar-refractivity contribution in [2.45, 2.75) is 12.3 Å². The average molecular weight is 539 g/mol. The van der Waals surface area contributed by atoms with E-state index in [-0.39, 0.29) is 28.8 Å². The molecule has 1 aromatic heterocycles. The molecule has 0 radical (unpaired) electrons. The van der Waals surface area contributed by atoms with E-state index in [2.05, 4.69) is 25.9 Å². The summed E-state index contributed by atoms with van der Waals surface area (Å²) in [7, 11) is 0. The summed E-state index contributed by atoms with van der Waals surface area (Å²) in [4.78, 5) is 34.5. The highest BCUT2D eigenvalue weighted by atomic mass is 19.4. The zero-order valence-corrected chi connectivity index (χ0v) is 20.2. The molecule has 1 atom stereocenters. The average Bonchev–Trinajstić information content (AvgIpc) is 2.92. The first-order chi connectivity index (χ1) is 18.7. The molecule has 1 aliphatic heterocycles. The molecule has 5 rings (SSSR count). The van der Waals surface area contributed by atoms with Crippen LogP contribution in [0.3, 0.4) is 0 Å². The third kappa shape index (κ3) is 6.02. The number of aromatic nitrogens is 2. The quantitative estimate of drug-likeness (QED) is 0.234. The molecule has 2 heterocycles. The molecule has 8 nitrogen and oxygen atoms in total. The summed E-state index contributed by atoms with van der Waals surface area (Å²) < 4.78 is 57.7. The number of amides is 2. The van der Waals surface area contributed by atoms with E-state index in [9.17, 15) is 27.2 Å². The lowest BCUT2D eigenvalue weighted by Crippen LogP contribution is -2.33. The van der Waals surface area contributed by atoms with Gasteiger partial charge in [0.1, 0.15) is 11.9 Å². The molecule has 0 bridgehead atoms. The van der Waals surface area contributed by atoms with Crippen molar-refractivity contribution < 1.29 is 31.9 Å². The Bertz CT molecular complexity index is 1550. The molecule has 1 saturated heterocycles. The molecule has 0 saturated carbocycles. The lowest BCUT2D eigenvalue weighted by molar-refractivity contribution is -0.139. The summed E-state index contributed by atoms with van der Waals surface area (Å²) in [6.45, 7) is 2.00. The van der Waals surface area contributed by atoms with Gasteiger partial charge in [0.25, 0.3) is 0 Å². The number of morpholine rings is 1. The monoisotopic (exact) mass is 539 g/mol. The van der Waals surface area contributed by atoms with Crippen LogP contribution in [0.25, 0.3) is 11.0 Å². The van der Waals surface area contributed by atoms with E-state index in [1.807, 2.05) is 0 Å². The molecule has 1 unspecified atom stereocenters. The Morgan fingerprint density at radius 1 is 0.949 bits per heavy atom. The van der Waals surface area contributed by atoms with Crippen LogP contribution in [0.1, 0.15) is 33.3 Å². The van der Waals surface area contributed by atoms with Crippen molar-refractivity contribution in [2.24, 2.45) is 0 Å². The minimum absolute atomic E-state index is 0.169. The maximum Gasteiger partial charge on any atom is 0.419 e. The van der Waals surface area contributed by atoms with E-state index in [4.69, 9.17) is 4.74 Å². The lowest BCUT2D eigenvalue weighted by Gasteiger charge is -2.22. The second-order valence-corrected chi connectivity index (χ2v) is 8.74. The van der Waals surface area contributed by atoms with Gasteiger partial charge in [-0.15, -0.1) is 0 Å². The third-order valence-electron chi connectivity index (χ3n) is 6.00. The van der Waals surface area contributed by atoms with Crippen molar-refractivity contribution in [3.63, 3.8) is 0 Å². The van der Waals surface area contributed by atoms with Crippen LogP contribution >= 0.6 is 0 Å². The predicted octanol–water partition coefficient (Wildman–Crippen LogP) is 5.32. The van der Waals surface area contributed by atoms with Gasteiger partial charge in [0.15, 0.2) is 5.78 Å². The van der Waals surface area contributed by atoms with Gasteiger partial charge in [-0.05, 0) is 48.5 Å². The van der Waals surface area contributed by atoms with Crippen LogP contribution in [0.5, 0.6) is 0 Å². The zero-order chi connectivity index (χ0) is 27.6. The standard InChI is InChI=1S/C27H21F4N5O3/c28-20-12-18(5-6-19(20)27(29,30)31)35-26(38)34-17-3-1-2-15(10-17)25(37)16-4-7-21-22(11-16)33-13-23(36-21)24-14-32-8-9-39-24/h1-7,10-13,24,32H,8-9,14H2,(H2,34,35,38). The number of carbonyl (C=O) groups is 2. The van der Waals surface area contributed by atoms with Gasteiger partial charge < -0.3 is 20.7 Å². The molecule has 200 valence electrons. The van der Waals surface area contributed by atoms with Gasteiger partial charge in [-0.2, -0.15) is 13.2 Å². The van der Waals surface area contributed by atoms with Gasteiger partial charge in [-0.3, -0.25) is 9.78 Å². The first-order valence-corrected chi connectivity index (χ1v) is 11.9. The van der Waals surface area contributed by atoms with Crippen molar-refractivity contribution in [3.8, 4) is 0 Å². The number of ether oxygens (including phenoxy) is 1. The SMILES string of the molecule is O=C(Nc1cccc(C(=O)c2ccc3nc(C4CNCCO4)cnc3c2)c1)Nc1ccc(C(F)(F)F)c(F)c1. The number of carbonyl (C=O) groups excluding carboxylic acids is 2. The second kappa shape index (κ2) is 10.8. The Hall–Kier alpha value is -4.42. The fourth-order valence-electron chi connectivity index (χ4n) is 4.10. The topological polar surface area (TPSA) is 105 Å². The molecule has 0 spiro atoms. The van der Waals surface area contributed by atoms with E-state index >= 15 is 0 Å². The van der Waals surface area contributed by atoms with Crippen molar-refractivity contribution in [1.82, 2.24) is 15.3 Å². The van der Waals surface area contributed by atoms with Gasteiger partial charge in [-0.25, -0.2) is 14.2 Å². The number of fused-ring (bicyclic) bond motifs is 1. The number of nitrogens with zero attached hydrogens (tertiary/aromatic N) is 2. The number of hydrogen-bond donors (Lipinski definition) is 3.